The van der Waals surface area contributed by atoms with Crippen molar-refractivity contribution in [1.29, 1.82) is 4.61 Å². The molecule has 1 saturated carbocycles. The average Bonchev–Trinajstić information content (AvgIpc) is 2.38. The molecular weight excluding hydrogens is 271 g/mol. The van der Waals surface area contributed by atoms with Gasteiger partial charge in [0, 0.05) is 0 Å². The molecule has 0 bridgehead atoms. The Hall–Kier alpha value is 0.160. The Morgan fingerprint density at radius 2 is 1.00 bits per heavy atom. The summed E-state index contributed by atoms with van der Waals surface area (Å²) < 4.78 is 13.9. The molecule has 112 valence electrons. The van der Waals surface area contributed by atoms with Crippen molar-refractivity contribution in [3.05, 3.63) is 0 Å². The van der Waals surface area contributed by atoms with Gasteiger partial charge in [-0.25, -0.2) is 4.36 Å². The third kappa shape index (κ3) is 10.6. The van der Waals surface area contributed by atoms with Crippen LogP contribution in [-0.4, -0.2) is 6.04 Å². The van der Waals surface area contributed by atoms with Crippen LogP contribution in [0.3, 0.4) is 0 Å². The molecule has 1 fully saturated rings. The van der Waals surface area contributed by atoms with Crippen LogP contribution in [0.15, 0.2) is 4.36 Å². The van der Waals surface area contributed by atoms with E-state index in [-0.39, 0.29) is 0 Å². The van der Waals surface area contributed by atoms with Gasteiger partial charge in [-0.1, -0.05) is 77.0 Å². The van der Waals surface area contributed by atoms with E-state index in [0.717, 1.165) is 0 Å². The summed E-state index contributed by atoms with van der Waals surface area (Å²) >= 11 is 0. The molecule has 0 aromatic carbocycles. The molecule has 1 aliphatic rings. The van der Waals surface area contributed by atoms with E-state index in [2.05, 4.69) is 12.8 Å². The highest BCUT2D eigenvalue weighted by Gasteiger charge is 2.07. The van der Waals surface area contributed by atoms with E-state index in [1.807, 2.05) is 0 Å². The Labute approximate surface area is 123 Å². The summed E-state index contributed by atoms with van der Waals surface area (Å²) in [5.74, 6) is 0. The number of rotatable bonds is 1. The molecule has 0 heterocycles. The number of hydrogen-bond donors (Lipinski definition) is 0. The van der Waals surface area contributed by atoms with Gasteiger partial charge in [0.15, 0.2) is 0 Å². The van der Waals surface area contributed by atoms with Gasteiger partial charge in [-0.2, -0.15) is 4.61 Å². The Bertz CT molecular complexity index is 321. The first-order valence-electron chi connectivity index (χ1n) is 8.18. The molecule has 0 aromatic heterocycles. The van der Waals surface area contributed by atoms with E-state index in [9.17, 15) is 4.61 Å². The van der Waals surface area contributed by atoms with Gasteiger partial charge in [0.05, 0.1) is 16.0 Å². The summed E-state index contributed by atoms with van der Waals surface area (Å²) in [6, 6.07) is 0.399. The molecule has 4 heteroatoms. The maximum atomic E-state index is 9.44. The third-order valence-electron chi connectivity index (χ3n) is 4.08. The van der Waals surface area contributed by atoms with Crippen LogP contribution in [0.5, 0.6) is 0 Å². The fraction of sp³-hybridized carbons (Fsp3) is 1.00. The lowest BCUT2D eigenvalue weighted by molar-refractivity contribution is 0.495. The van der Waals surface area contributed by atoms with Gasteiger partial charge in [-0.05, 0) is 21.3 Å². The summed E-state index contributed by atoms with van der Waals surface area (Å²) in [6.07, 6.45) is 19.0. The molecule has 2 nitrogen and oxygen atoms in total. The predicted octanol–water partition coefficient (Wildman–Crippen LogP) is 5.90. The van der Waals surface area contributed by atoms with Crippen molar-refractivity contribution in [1.82, 2.24) is 0 Å². The van der Waals surface area contributed by atoms with E-state index in [0.29, 0.717) is 6.04 Å². The second-order valence-corrected chi connectivity index (χ2v) is 7.93. The Morgan fingerprint density at radius 3 is 1.32 bits per heavy atom. The zero-order chi connectivity index (χ0) is 13.8. The van der Waals surface area contributed by atoms with Crippen molar-refractivity contribution < 1.29 is 0 Å². The summed E-state index contributed by atoms with van der Waals surface area (Å²) in [4.78, 5) is 0. The van der Waals surface area contributed by atoms with Crippen LogP contribution in [0.4, 0.5) is 0 Å². The van der Waals surface area contributed by atoms with Gasteiger partial charge in [-0.15, -0.1) is 0 Å². The first kappa shape index (κ1) is 17.2. The van der Waals surface area contributed by atoms with Crippen LogP contribution >= 0.6 is 8.44 Å². The van der Waals surface area contributed by atoms with Gasteiger partial charge in [0.1, 0.15) is 0 Å². The molecule has 1 rings (SSSR count). The van der Waals surface area contributed by atoms with Crippen LogP contribution < -0.4 is 0 Å². The smallest absolute Gasteiger partial charge is 0.0638 e. The molecule has 0 spiro atoms. The lowest BCUT2D eigenvalue weighted by atomic mass is 10.0. The lowest BCUT2D eigenvalue weighted by Gasteiger charge is -2.10. The van der Waals surface area contributed by atoms with Crippen LogP contribution in [0.25, 0.3) is 0 Å². The molecule has 0 aliphatic heterocycles. The summed E-state index contributed by atoms with van der Waals surface area (Å²) in [5, 5.41) is 0. The largest absolute Gasteiger partial charge is 0.209 e. The maximum absolute atomic E-state index is 9.44. The fourth-order valence-electron chi connectivity index (χ4n) is 2.93. The minimum absolute atomic E-state index is 0.399. The van der Waals surface area contributed by atoms with Crippen molar-refractivity contribution in [3.63, 3.8) is 0 Å². The highest BCUT2D eigenvalue weighted by molar-refractivity contribution is 8.25. The van der Waals surface area contributed by atoms with Crippen molar-refractivity contribution >= 4 is 18.4 Å². The van der Waals surface area contributed by atoms with Gasteiger partial charge in [-0.3, -0.25) is 0 Å². The summed E-state index contributed by atoms with van der Waals surface area (Å²) in [5.41, 5.74) is 0. The van der Waals surface area contributed by atoms with Gasteiger partial charge >= 0.3 is 0 Å². The zero-order valence-electron chi connectivity index (χ0n) is 12.4. The molecule has 0 N–H and O–H groups in total. The van der Waals surface area contributed by atoms with Crippen molar-refractivity contribution in [2.24, 2.45) is 4.36 Å². The van der Waals surface area contributed by atoms with Crippen molar-refractivity contribution in [3.8, 4) is 0 Å². The van der Waals surface area contributed by atoms with Crippen LogP contribution in [0.1, 0.15) is 89.9 Å². The number of nitrogens with zero attached hydrogens (tertiary/aromatic N) is 2. The minimum Gasteiger partial charge on any atom is -0.209 e. The molecule has 0 saturated heterocycles. The van der Waals surface area contributed by atoms with E-state index in [1.54, 1.807) is 0 Å². The quantitative estimate of drug-likeness (QED) is 0.555. The first-order valence-corrected chi connectivity index (χ1v) is 10.8. The molecule has 0 amide bonds. The van der Waals surface area contributed by atoms with E-state index < -0.39 is 9.94 Å². The molecule has 1 unspecified atom stereocenters. The monoisotopic (exact) mass is 302 g/mol. The van der Waals surface area contributed by atoms with Gasteiger partial charge in [0.2, 0.25) is 0 Å². The molecule has 1 aliphatic carbocycles. The second-order valence-electron chi connectivity index (χ2n) is 5.87. The molecule has 19 heavy (non-hydrogen) atoms. The molecule has 0 aromatic rings. The molecule has 1 atom stereocenters. The maximum Gasteiger partial charge on any atom is 0.0638 e. The zero-order valence-corrected chi connectivity index (χ0v) is 14.3. The lowest BCUT2D eigenvalue weighted by Crippen LogP contribution is -2.04. The highest BCUT2D eigenvalue weighted by Crippen LogP contribution is 2.19. The average molecular weight is 302 g/mol. The molecular formula is C15H31N2PS. The minimum atomic E-state index is -0.812. The van der Waals surface area contributed by atoms with Crippen molar-refractivity contribution in [2.75, 3.05) is 0 Å². The Kier molecular flexibility index (Phi) is 10.8. The first-order chi connectivity index (χ1) is 9.29. The van der Waals surface area contributed by atoms with Gasteiger partial charge in [0.25, 0.3) is 0 Å². The van der Waals surface area contributed by atoms with E-state index in [4.69, 9.17) is 0 Å². The Balaban J connectivity index is 2.34. The van der Waals surface area contributed by atoms with Crippen molar-refractivity contribution in [2.45, 2.75) is 95.9 Å². The third-order valence-corrected chi connectivity index (χ3v) is 4.96. The van der Waals surface area contributed by atoms with Crippen LogP contribution in [0, 0.1) is 4.61 Å². The predicted molar refractivity (Wildman–Crippen MR) is 89.7 cm³/mol. The highest BCUT2D eigenvalue weighted by atomic mass is 32.7. The summed E-state index contributed by atoms with van der Waals surface area (Å²) in [7, 11) is 1.60. The Morgan fingerprint density at radius 1 is 0.684 bits per heavy atom. The van der Waals surface area contributed by atoms with Crippen LogP contribution in [-0.2, 0) is 9.94 Å². The molecule has 0 radical (unpaired) electrons. The van der Waals surface area contributed by atoms with E-state index >= 15 is 0 Å². The van der Waals surface area contributed by atoms with Gasteiger partial charge < -0.3 is 0 Å². The number of hydrogen-bond acceptors (Lipinski definition) is 2. The standard InChI is InChI=1S/C15H31N2PS/c16-19(18)17-15-13-11-9-7-5-3-1-2-4-6-8-10-12-14-15/h15H,1-14,18H2. The normalized spacial score (nSPS) is 23.5. The summed E-state index contributed by atoms with van der Waals surface area (Å²) in [6.45, 7) is 0. The van der Waals surface area contributed by atoms with E-state index in [1.165, 1.54) is 89.9 Å². The topological polar surface area (TPSA) is 36.1 Å². The van der Waals surface area contributed by atoms with Crippen LogP contribution in [0.2, 0.25) is 0 Å². The second kappa shape index (κ2) is 11.9. The SMILES string of the molecule is N#S(P)=NC1CCCCCCCCCCCCCC1. The fourth-order valence-corrected chi connectivity index (χ4v) is 3.96.